The Balaban J connectivity index is 2.53. The van der Waals surface area contributed by atoms with Gasteiger partial charge in [-0.3, -0.25) is 4.79 Å². The molecule has 3 nitrogen and oxygen atoms in total. The molecule has 15 heavy (non-hydrogen) atoms. The highest BCUT2D eigenvalue weighted by molar-refractivity contribution is 5.86. The van der Waals surface area contributed by atoms with Gasteiger partial charge in [0.1, 0.15) is 0 Å². The highest BCUT2D eigenvalue weighted by Gasteiger charge is 2.31. The average molecular weight is 213 g/mol. The van der Waals surface area contributed by atoms with Crippen molar-refractivity contribution in [3.05, 3.63) is 0 Å². The third kappa shape index (κ3) is 3.92. The van der Waals surface area contributed by atoms with Crippen LogP contribution in [0.2, 0.25) is 0 Å². The summed E-state index contributed by atoms with van der Waals surface area (Å²) in [5, 5.41) is 3.13. The van der Waals surface area contributed by atoms with E-state index >= 15 is 0 Å². The van der Waals surface area contributed by atoms with E-state index in [1.807, 2.05) is 7.05 Å². The Kier molecular flexibility index (Phi) is 4.29. The maximum atomic E-state index is 12.1. The number of carbonyl (C=O) groups is 1. The molecule has 1 saturated heterocycles. The second-order valence-electron chi connectivity index (χ2n) is 5.57. The molecule has 0 spiro atoms. The number of hydrogen-bond acceptors (Lipinski definition) is 3. The van der Waals surface area contributed by atoms with Gasteiger partial charge in [-0.05, 0) is 25.3 Å². The quantitative estimate of drug-likeness (QED) is 0.771. The SMILES string of the molecule is CNC(CC(C)(C)C)C(=O)C1CCOC1. The lowest BCUT2D eigenvalue weighted by Gasteiger charge is -2.26. The molecule has 1 heterocycles. The van der Waals surface area contributed by atoms with Gasteiger partial charge in [-0.2, -0.15) is 0 Å². The van der Waals surface area contributed by atoms with Crippen molar-refractivity contribution >= 4 is 5.78 Å². The highest BCUT2D eigenvalue weighted by atomic mass is 16.5. The predicted octanol–water partition coefficient (Wildman–Crippen LogP) is 1.62. The molecule has 0 radical (unpaired) electrons. The van der Waals surface area contributed by atoms with Crippen molar-refractivity contribution < 1.29 is 9.53 Å². The second kappa shape index (κ2) is 5.08. The Morgan fingerprint density at radius 1 is 1.53 bits per heavy atom. The van der Waals surface area contributed by atoms with Crippen molar-refractivity contribution in [1.82, 2.24) is 5.32 Å². The number of carbonyl (C=O) groups excluding carboxylic acids is 1. The maximum absolute atomic E-state index is 12.1. The fourth-order valence-electron chi connectivity index (χ4n) is 2.00. The predicted molar refractivity (Wildman–Crippen MR) is 60.9 cm³/mol. The van der Waals surface area contributed by atoms with Crippen LogP contribution in [0.5, 0.6) is 0 Å². The Bertz CT molecular complexity index is 214. The van der Waals surface area contributed by atoms with Crippen LogP contribution >= 0.6 is 0 Å². The minimum atomic E-state index is -0.0169. The Labute approximate surface area is 92.6 Å². The molecule has 0 aromatic rings. The first-order valence-corrected chi connectivity index (χ1v) is 5.73. The third-order valence-corrected chi connectivity index (χ3v) is 2.84. The van der Waals surface area contributed by atoms with Gasteiger partial charge < -0.3 is 10.1 Å². The summed E-state index contributed by atoms with van der Waals surface area (Å²) >= 11 is 0. The molecule has 0 aromatic carbocycles. The minimum Gasteiger partial charge on any atom is -0.381 e. The third-order valence-electron chi connectivity index (χ3n) is 2.84. The molecule has 0 aromatic heterocycles. The number of rotatable bonds is 4. The molecule has 88 valence electrons. The van der Waals surface area contributed by atoms with Gasteiger partial charge >= 0.3 is 0 Å². The number of ketones is 1. The Morgan fingerprint density at radius 2 is 2.20 bits per heavy atom. The molecule has 1 N–H and O–H groups in total. The van der Waals surface area contributed by atoms with Crippen LogP contribution in [0.3, 0.4) is 0 Å². The summed E-state index contributed by atoms with van der Waals surface area (Å²) in [7, 11) is 1.87. The van der Waals surface area contributed by atoms with Crippen LogP contribution in [-0.2, 0) is 9.53 Å². The van der Waals surface area contributed by atoms with Crippen LogP contribution < -0.4 is 5.32 Å². The molecule has 0 saturated carbocycles. The van der Waals surface area contributed by atoms with Crippen molar-refractivity contribution in [2.75, 3.05) is 20.3 Å². The fourth-order valence-corrected chi connectivity index (χ4v) is 2.00. The molecular weight excluding hydrogens is 190 g/mol. The molecular formula is C12H23NO2. The van der Waals surface area contributed by atoms with Gasteiger partial charge in [-0.15, -0.1) is 0 Å². The summed E-state index contributed by atoms with van der Waals surface area (Å²) in [6, 6.07) is -0.0169. The van der Waals surface area contributed by atoms with E-state index in [2.05, 4.69) is 26.1 Å². The zero-order valence-electron chi connectivity index (χ0n) is 10.3. The number of ether oxygens (including phenoxy) is 1. The molecule has 1 aliphatic heterocycles. The molecule has 0 aliphatic carbocycles. The molecule has 2 atom stereocenters. The fraction of sp³-hybridized carbons (Fsp3) is 0.917. The van der Waals surface area contributed by atoms with Crippen molar-refractivity contribution in [2.45, 2.75) is 39.7 Å². The second-order valence-corrected chi connectivity index (χ2v) is 5.57. The summed E-state index contributed by atoms with van der Waals surface area (Å²) in [5.41, 5.74) is 0.183. The van der Waals surface area contributed by atoms with Gasteiger partial charge in [0, 0.05) is 12.5 Å². The first-order chi connectivity index (χ1) is 6.94. The summed E-state index contributed by atoms with van der Waals surface area (Å²) in [4.78, 5) is 12.1. The van der Waals surface area contributed by atoms with Crippen molar-refractivity contribution in [2.24, 2.45) is 11.3 Å². The Hall–Kier alpha value is -0.410. The number of likely N-dealkylation sites (N-methyl/N-ethyl adjacent to an activating group) is 1. The summed E-state index contributed by atoms with van der Waals surface area (Å²) in [6.45, 7) is 7.84. The van der Waals surface area contributed by atoms with E-state index < -0.39 is 0 Å². The zero-order valence-corrected chi connectivity index (χ0v) is 10.3. The average Bonchev–Trinajstić information content (AvgIpc) is 2.64. The smallest absolute Gasteiger partial charge is 0.155 e. The van der Waals surface area contributed by atoms with E-state index in [-0.39, 0.29) is 17.4 Å². The maximum Gasteiger partial charge on any atom is 0.155 e. The van der Waals surface area contributed by atoms with Crippen molar-refractivity contribution in [3.63, 3.8) is 0 Å². The largest absolute Gasteiger partial charge is 0.381 e. The Morgan fingerprint density at radius 3 is 2.60 bits per heavy atom. The lowest BCUT2D eigenvalue weighted by atomic mass is 9.84. The van der Waals surface area contributed by atoms with Crippen LogP contribution in [0.4, 0.5) is 0 Å². The van der Waals surface area contributed by atoms with Crippen LogP contribution in [0.1, 0.15) is 33.6 Å². The van der Waals surface area contributed by atoms with E-state index in [0.29, 0.717) is 12.4 Å². The highest BCUT2D eigenvalue weighted by Crippen LogP contribution is 2.24. The molecule has 1 rings (SSSR count). The van der Waals surface area contributed by atoms with Gasteiger partial charge in [0.05, 0.1) is 12.6 Å². The first kappa shape index (κ1) is 12.7. The van der Waals surface area contributed by atoms with Gasteiger partial charge in [0.25, 0.3) is 0 Å². The molecule has 1 fully saturated rings. The van der Waals surface area contributed by atoms with Crippen LogP contribution in [0, 0.1) is 11.3 Å². The van der Waals surface area contributed by atoms with E-state index in [4.69, 9.17) is 4.74 Å². The molecule has 1 aliphatic rings. The zero-order chi connectivity index (χ0) is 11.5. The van der Waals surface area contributed by atoms with E-state index in [1.54, 1.807) is 0 Å². The van der Waals surface area contributed by atoms with Crippen molar-refractivity contribution in [1.29, 1.82) is 0 Å². The van der Waals surface area contributed by atoms with Crippen LogP contribution in [-0.4, -0.2) is 32.1 Å². The molecule has 2 unspecified atom stereocenters. The number of Topliss-reactive ketones (excluding diaryl/α,β-unsaturated/α-hetero) is 1. The summed E-state index contributed by atoms with van der Waals surface area (Å²) in [6.07, 6.45) is 1.78. The topological polar surface area (TPSA) is 38.3 Å². The summed E-state index contributed by atoms with van der Waals surface area (Å²) in [5.74, 6) is 0.440. The molecule has 0 bridgehead atoms. The summed E-state index contributed by atoms with van der Waals surface area (Å²) < 4.78 is 5.25. The normalized spacial score (nSPS) is 24.1. The van der Waals surface area contributed by atoms with Gasteiger partial charge in [0.15, 0.2) is 5.78 Å². The standard InChI is InChI=1S/C12H23NO2/c1-12(2,3)7-10(13-4)11(14)9-5-6-15-8-9/h9-10,13H,5-8H2,1-4H3. The minimum absolute atomic E-state index is 0.0169. The van der Waals surface area contributed by atoms with E-state index in [0.717, 1.165) is 19.4 Å². The van der Waals surface area contributed by atoms with E-state index in [1.165, 1.54) is 0 Å². The van der Waals surface area contributed by atoms with Gasteiger partial charge in [-0.1, -0.05) is 20.8 Å². The lowest BCUT2D eigenvalue weighted by Crippen LogP contribution is -2.41. The molecule has 3 heteroatoms. The van der Waals surface area contributed by atoms with Crippen molar-refractivity contribution in [3.8, 4) is 0 Å². The molecule has 0 amide bonds. The first-order valence-electron chi connectivity index (χ1n) is 5.73. The number of nitrogens with one attached hydrogen (secondary N) is 1. The number of hydrogen-bond donors (Lipinski definition) is 1. The van der Waals surface area contributed by atoms with Crippen LogP contribution in [0.15, 0.2) is 0 Å². The lowest BCUT2D eigenvalue weighted by molar-refractivity contribution is -0.125. The van der Waals surface area contributed by atoms with Gasteiger partial charge in [0.2, 0.25) is 0 Å². The van der Waals surface area contributed by atoms with E-state index in [9.17, 15) is 4.79 Å². The van der Waals surface area contributed by atoms with Gasteiger partial charge in [-0.25, -0.2) is 0 Å². The monoisotopic (exact) mass is 213 g/mol. The van der Waals surface area contributed by atoms with Crippen LogP contribution in [0.25, 0.3) is 0 Å².